The minimum absolute atomic E-state index is 0.0253. The predicted molar refractivity (Wildman–Crippen MR) is 100 cm³/mol. The smallest absolute Gasteiger partial charge is 0.227 e. The van der Waals surface area contributed by atoms with Gasteiger partial charge >= 0.3 is 0 Å². The summed E-state index contributed by atoms with van der Waals surface area (Å²) in [7, 11) is 0. The zero-order chi connectivity index (χ0) is 17.8. The number of hydrogen-bond donors (Lipinski definition) is 2. The molecule has 0 aliphatic carbocycles. The van der Waals surface area contributed by atoms with Crippen LogP contribution < -0.4 is 5.32 Å². The Labute approximate surface area is 152 Å². The molecule has 6 nitrogen and oxygen atoms in total. The van der Waals surface area contributed by atoms with E-state index in [1.807, 2.05) is 36.5 Å². The summed E-state index contributed by atoms with van der Waals surface area (Å²) < 4.78 is 0. The average Bonchev–Trinajstić information content (AvgIpc) is 3.05. The van der Waals surface area contributed by atoms with Crippen LogP contribution in [-0.2, 0) is 17.8 Å². The molecule has 0 spiro atoms. The number of para-hydroxylation sites is 2. The molecule has 1 aliphatic rings. The highest BCUT2D eigenvalue weighted by Crippen LogP contribution is 2.14. The highest BCUT2D eigenvalue weighted by Gasteiger charge is 2.22. The lowest BCUT2D eigenvalue weighted by atomic mass is 10.0. The maximum Gasteiger partial charge on any atom is 0.227 e. The number of hydrogen-bond acceptors (Lipinski definition) is 4. The summed E-state index contributed by atoms with van der Waals surface area (Å²) in [4.78, 5) is 26.7. The molecule has 3 heterocycles. The Morgan fingerprint density at radius 2 is 2.19 bits per heavy atom. The lowest BCUT2D eigenvalue weighted by Crippen LogP contribution is -2.47. The Bertz CT molecular complexity index is 843. The van der Waals surface area contributed by atoms with Crippen molar-refractivity contribution in [2.24, 2.45) is 0 Å². The SMILES string of the molecule is O=C(Cc1nc2ccccc2[nH]1)N[C@@H]1CCCN(Cc2cccnc2)C1. The Balaban J connectivity index is 1.32. The van der Waals surface area contributed by atoms with Crippen molar-refractivity contribution in [3.63, 3.8) is 0 Å². The quantitative estimate of drug-likeness (QED) is 0.741. The van der Waals surface area contributed by atoms with E-state index >= 15 is 0 Å². The third-order valence-electron chi connectivity index (χ3n) is 4.77. The Kier molecular flexibility index (Phi) is 4.93. The van der Waals surface area contributed by atoms with Crippen LogP contribution in [-0.4, -0.2) is 44.9 Å². The second kappa shape index (κ2) is 7.66. The summed E-state index contributed by atoms with van der Waals surface area (Å²) in [5, 5.41) is 3.17. The standard InChI is InChI=1S/C20H23N5O/c26-20(11-19-23-17-7-1-2-8-18(17)24-19)22-16-6-4-10-25(14-16)13-15-5-3-9-21-12-15/h1-3,5,7-9,12,16H,4,6,10-11,13-14H2,(H,22,26)(H,23,24)/t16-/m1/s1. The molecule has 1 saturated heterocycles. The molecule has 1 fully saturated rings. The average molecular weight is 349 g/mol. The first-order valence-corrected chi connectivity index (χ1v) is 9.10. The molecule has 0 saturated carbocycles. The van der Waals surface area contributed by atoms with Crippen molar-refractivity contribution in [1.29, 1.82) is 0 Å². The highest BCUT2D eigenvalue weighted by atomic mass is 16.1. The predicted octanol–water partition coefficient (Wildman–Crippen LogP) is 2.28. The van der Waals surface area contributed by atoms with Gasteiger partial charge in [0.05, 0.1) is 17.5 Å². The molecule has 1 aromatic carbocycles. The lowest BCUT2D eigenvalue weighted by molar-refractivity contribution is -0.121. The highest BCUT2D eigenvalue weighted by molar-refractivity contribution is 5.80. The number of amides is 1. The molecule has 1 aliphatic heterocycles. The number of fused-ring (bicyclic) bond motifs is 1. The van der Waals surface area contributed by atoms with Gasteiger partial charge in [-0.25, -0.2) is 4.98 Å². The second-order valence-electron chi connectivity index (χ2n) is 6.88. The molecule has 134 valence electrons. The third kappa shape index (κ3) is 4.08. The van der Waals surface area contributed by atoms with E-state index in [-0.39, 0.29) is 18.4 Å². The van der Waals surface area contributed by atoms with Crippen molar-refractivity contribution in [2.45, 2.75) is 31.8 Å². The van der Waals surface area contributed by atoms with E-state index < -0.39 is 0 Å². The number of likely N-dealkylation sites (tertiary alicyclic amines) is 1. The monoisotopic (exact) mass is 349 g/mol. The van der Waals surface area contributed by atoms with Gasteiger partial charge < -0.3 is 10.3 Å². The van der Waals surface area contributed by atoms with Gasteiger partial charge in [0.15, 0.2) is 0 Å². The topological polar surface area (TPSA) is 73.9 Å². The van der Waals surface area contributed by atoms with Gasteiger partial charge in [-0.1, -0.05) is 18.2 Å². The zero-order valence-electron chi connectivity index (χ0n) is 14.7. The van der Waals surface area contributed by atoms with E-state index in [1.165, 1.54) is 5.56 Å². The van der Waals surface area contributed by atoms with Crippen molar-refractivity contribution in [1.82, 2.24) is 25.2 Å². The number of carbonyl (C=O) groups is 1. The van der Waals surface area contributed by atoms with Gasteiger partial charge in [0.1, 0.15) is 5.82 Å². The third-order valence-corrected chi connectivity index (χ3v) is 4.77. The summed E-state index contributed by atoms with van der Waals surface area (Å²) in [5.74, 6) is 0.740. The number of H-pyrrole nitrogens is 1. The van der Waals surface area contributed by atoms with E-state index in [0.717, 1.165) is 43.5 Å². The molecule has 0 bridgehead atoms. The minimum Gasteiger partial charge on any atom is -0.352 e. The van der Waals surface area contributed by atoms with Gasteiger partial charge in [-0.05, 0) is 43.1 Å². The van der Waals surface area contributed by atoms with Crippen LogP contribution in [0.2, 0.25) is 0 Å². The van der Waals surface area contributed by atoms with E-state index in [9.17, 15) is 4.79 Å². The molecule has 4 rings (SSSR count). The van der Waals surface area contributed by atoms with E-state index in [2.05, 4.69) is 31.2 Å². The molecule has 0 radical (unpaired) electrons. The summed E-state index contributed by atoms with van der Waals surface area (Å²) >= 11 is 0. The maximum absolute atomic E-state index is 12.4. The van der Waals surface area contributed by atoms with Gasteiger partial charge in [0.25, 0.3) is 0 Å². The fraction of sp³-hybridized carbons (Fsp3) is 0.350. The van der Waals surface area contributed by atoms with Crippen LogP contribution in [0.3, 0.4) is 0 Å². The van der Waals surface area contributed by atoms with Crippen LogP contribution in [0, 0.1) is 0 Å². The van der Waals surface area contributed by atoms with Gasteiger partial charge in [0, 0.05) is 31.5 Å². The van der Waals surface area contributed by atoms with Gasteiger partial charge in [0.2, 0.25) is 5.91 Å². The molecule has 0 unspecified atom stereocenters. The fourth-order valence-electron chi connectivity index (χ4n) is 3.59. The van der Waals surface area contributed by atoms with Crippen LogP contribution in [0.25, 0.3) is 11.0 Å². The molecule has 2 aromatic heterocycles. The number of rotatable bonds is 5. The van der Waals surface area contributed by atoms with E-state index in [1.54, 1.807) is 6.20 Å². The normalized spacial score (nSPS) is 18.1. The van der Waals surface area contributed by atoms with Crippen molar-refractivity contribution in [2.75, 3.05) is 13.1 Å². The van der Waals surface area contributed by atoms with Crippen molar-refractivity contribution in [3.8, 4) is 0 Å². The number of nitrogens with zero attached hydrogens (tertiary/aromatic N) is 3. The number of aromatic amines is 1. The zero-order valence-corrected chi connectivity index (χ0v) is 14.7. The fourth-order valence-corrected chi connectivity index (χ4v) is 3.59. The van der Waals surface area contributed by atoms with Crippen LogP contribution in [0.1, 0.15) is 24.2 Å². The van der Waals surface area contributed by atoms with E-state index in [0.29, 0.717) is 5.82 Å². The van der Waals surface area contributed by atoms with Gasteiger partial charge in [-0.2, -0.15) is 0 Å². The molecule has 6 heteroatoms. The summed E-state index contributed by atoms with van der Waals surface area (Å²) in [6.07, 6.45) is 6.10. The number of nitrogens with one attached hydrogen (secondary N) is 2. The first-order chi connectivity index (χ1) is 12.8. The van der Waals surface area contributed by atoms with Crippen LogP contribution in [0.15, 0.2) is 48.8 Å². The minimum atomic E-state index is 0.0253. The van der Waals surface area contributed by atoms with Gasteiger partial charge in [-0.3, -0.25) is 14.7 Å². The summed E-state index contributed by atoms with van der Waals surface area (Å²) in [5.41, 5.74) is 3.08. The number of imidazole rings is 1. The van der Waals surface area contributed by atoms with Crippen LogP contribution >= 0.6 is 0 Å². The van der Waals surface area contributed by atoms with E-state index in [4.69, 9.17) is 0 Å². The van der Waals surface area contributed by atoms with Gasteiger partial charge in [-0.15, -0.1) is 0 Å². The first-order valence-electron chi connectivity index (χ1n) is 9.10. The Hall–Kier alpha value is -2.73. The summed E-state index contributed by atoms with van der Waals surface area (Å²) in [6, 6.07) is 12.1. The molecule has 26 heavy (non-hydrogen) atoms. The van der Waals surface area contributed by atoms with Crippen LogP contribution in [0.5, 0.6) is 0 Å². The lowest BCUT2D eigenvalue weighted by Gasteiger charge is -2.33. The number of pyridine rings is 1. The first kappa shape index (κ1) is 16.7. The molecule has 3 aromatic rings. The molecular weight excluding hydrogens is 326 g/mol. The molecule has 2 N–H and O–H groups in total. The number of piperidine rings is 1. The molecule has 1 atom stereocenters. The van der Waals surface area contributed by atoms with Crippen molar-refractivity contribution < 1.29 is 4.79 Å². The maximum atomic E-state index is 12.4. The molecular formula is C20H23N5O. The second-order valence-corrected chi connectivity index (χ2v) is 6.88. The van der Waals surface area contributed by atoms with Crippen LogP contribution in [0.4, 0.5) is 0 Å². The summed E-state index contributed by atoms with van der Waals surface area (Å²) in [6.45, 7) is 2.81. The van der Waals surface area contributed by atoms with Crippen molar-refractivity contribution >= 4 is 16.9 Å². The number of aromatic nitrogens is 3. The Morgan fingerprint density at radius 1 is 1.27 bits per heavy atom. The van der Waals surface area contributed by atoms with Crippen molar-refractivity contribution in [3.05, 3.63) is 60.2 Å². The number of benzene rings is 1. The number of carbonyl (C=O) groups excluding carboxylic acids is 1. The Morgan fingerprint density at radius 3 is 3.04 bits per heavy atom. The molecule has 1 amide bonds. The largest absolute Gasteiger partial charge is 0.352 e.